The average molecular weight is 474 g/mol. The quantitative estimate of drug-likeness (QED) is 0.476. The second-order valence-electron chi connectivity index (χ2n) is 8.44. The number of rotatable bonds is 9. The monoisotopic (exact) mass is 473 g/mol. The van der Waals surface area contributed by atoms with Gasteiger partial charge < -0.3 is 29.8 Å². The molecule has 3 rings (SSSR count). The molecule has 1 aliphatic carbocycles. The fraction of sp³-hybridized carbons (Fsp3) is 0.481. The lowest BCUT2D eigenvalue weighted by Crippen LogP contribution is -2.25. The van der Waals surface area contributed by atoms with Gasteiger partial charge in [0.15, 0.2) is 11.5 Å². The standard InChI is InChI=1S/C24H33NO3.C2H4O2.CH2O/c1-18-6-8-21(9-7-18)25-22-10-11-23(28-15-13-26)24(17-22)27-14-12-20-5-3-4-19(2)16-20;1-2(3)4;1-2/h3-5,10-11,16-18,21,25-26H,6-9,12-15H2,1-2H3;1H3,(H,3,4);1H2. The summed E-state index contributed by atoms with van der Waals surface area (Å²) in [6.07, 6.45) is 5.85. The average Bonchev–Trinajstić information content (AvgIpc) is 2.81. The molecule has 0 unspecified atom stereocenters. The van der Waals surface area contributed by atoms with Crippen molar-refractivity contribution in [3.63, 3.8) is 0 Å². The van der Waals surface area contributed by atoms with E-state index in [-0.39, 0.29) is 13.2 Å². The minimum Gasteiger partial charge on any atom is -0.489 e. The highest BCUT2D eigenvalue weighted by molar-refractivity contribution is 5.63. The van der Waals surface area contributed by atoms with E-state index in [0.717, 1.165) is 30.7 Å². The number of anilines is 1. The minimum absolute atomic E-state index is 0.0109. The summed E-state index contributed by atoms with van der Waals surface area (Å²) in [5.74, 6) is 1.42. The Balaban J connectivity index is 0.000000872. The number of nitrogens with one attached hydrogen (secondary N) is 1. The number of aliphatic carboxylic acids is 1. The fourth-order valence-electron chi connectivity index (χ4n) is 3.77. The van der Waals surface area contributed by atoms with E-state index in [1.165, 1.54) is 36.8 Å². The van der Waals surface area contributed by atoms with Crippen molar-refractivity contribution in [1.29, 1.82) is 0 Å². The second-order valence-corrected chi connectivity index (χ2v) is 8.44. The third kappa shape index (κ3) is 11.7. The van der Waals surface area contributed by atoms with Gasteiger partial charge in [0.05, 0.1) is 13.2 Å². The van der Waals surface area contributed by atoms with Gasteiger partial charge in [0.2, 0.25) is 0 Å². The van der Waals surface area contributed by atoms with Crippen LogP contribution in [-0.4, -0.2) is 48.8 Å². The van der Waals surface area contributed by atoms with Gasteiger partial charge in [-0.15, -0.1) is 0 Å². The number of aryl methyl sites for hydroxylation is 1. The summed E-state index contributed by atoms with van der Waals surface area (Å²) < 4.78 is 11.7. The third-order valence-electron chi connectivity index (χ3n) is 5.41. The van der Waals surface area contributed by atoms with Crippen molar-refractivity contribution >= 4 is 18.4 Å². The molecule has 0 spiro atoms. The molecule has 0 radical (unpaired) electrons. The first-order chi connectivity index (χ1) is 16.4. The predicted molar refractivity (Wildman–Crippen MR) is 135 cm³/mol. The molecule has 7 nitrogen and oxygen atoms in total. The maximum atomic E-state index is 9.08. The number of hydrogen-bond donors (Lipinski definition) is 3. The molecular weight excluding hydrogens is 434 g/mol. The van der Waals surface area contributed by atoms with Crippen molar-refractivity contribution in [2.24, 2.45) is 5.92 Å². The zero-order valence-corrected chi connectivity index (χ0v) is 20.6. The van der Waals surface area contributed by atoms with E-state index in [1.807, 2.05) is 25.0 Å². The maximum absolute atomic E-state index is 9.08. The van der Waals surface area contributed by atoms with E-state index in [4.69, 9.17) is 29.3 Å². The number of carboxylic acid groups (broad SMARTS) is 1. The van der Waals surface area contributed by atoms with Gasteiger partial charge in [0, 0.05) is 31.1 Å². The molecule has 2 aromatic rings. The molecule has 0 atom stereocenters. The molecule has 1 aliphatic rings. The number of carbonyl (C=O) groups excluding carboxylic acids is 1. The molecule has 0 saturated heterocycles. The Morgan fingerprint density at radius 3 is 2.29 bits per heavy atom. The van der Waals surface area contributed by atoms with Crippen LogP contribution in [0.3, 0.4) is 0 Å². The first-order valence-electron chi connectivity index (χ1n) is 11.7. The minimum atomic E-state index is -0.833. The highest BCUT2D eigenvalue weighted by Crippen LogP contribution is 2.33. The molecule has 34 heavy (non-hydrogen) atoms. The van der Waals surface area contributed by atoms with Crippen LogP contribution in [0.25, 0.3) is 0 Å². The van der Waals surface area contributed by atoms with Crippen LogP contribution in [0.4, 0.5) is 5.69 Å². The van der Waals surface area contributed by atoms with Crippen molar-refractivity contribution < 1.29 is 29.3 Å². The lowest BCUT2D eigenvalue weighted by atomic mass is 9.87. The van der Waals surface area contributed by atoms with Crippen molar-refractivity contribution in [2.45, 2.75) is 58.9 Å². The van der Waals surface area contributed by atoms with E-state index >= 15 is 0 Å². The summed E-state index contributed by atoms with van der Waals surface area (Å²) >= 11 is 0. The first-order valence-corrected chi connectivity index (χ1v) is 11.7. The predicted octanol–water partition coefficient (Wildman–Crippen LogP) is 4.88. The summed E-state index contributed by atoms with van der Waals surface area (Å²) in [6.45, 7) is 8.36. The van der Waals surface area contributed by atoms with Gasteiger partial charge in [0.25, 0.3) is 5.97 Å². The smallest absolute Gasteiger partial charge is 0.300 e. The van der Waals surface area contributed by atoms with Gasteiger partial charge in [-0.3, -0.25) is 4.79 Å². The summed E-state index contributed by atoms with van der Waals surface area (Å²) in [7, 11) is 0. The van der Waals surface area contributed by atoms with Crippen LogP contribution in [0.5, 0.6) is 11.5 Å². The Bertz CT molecular complexity index is 845. The highest BCUT2D eigenvalue weighted by atomic mass is 16.5. The van der Waals surface area contributed by atoms with Crippen molar-refractivity contribution in [3.8, 4) is 11.5 Å². The topological polar surface area (TPSA) is 105 Å². The largest absolute Gasteiger partial charge is 0.489 e. The lowest BCUT2D eigenvalue weighted by Gasteiger charge is -2.28. The molecule has 0 amide bonds. The zero-order chi connectivity index (χ0) is 25.3. The highest BCUT2D eigenvalue weighted by Gasteiger charge is 2.18. The number of aliphatic hydroxyl groups is 1. The SMILES string of the molecule is C=O.CC(=O)O.Cc1cccc(CCOc2cc(NC3CCC(C)CC3)ccc2OCCO)c1. The van der Waals surface area contributed by atoms with Crippen LogP contribution in [0.15, 0.2) is 42.5 Å². The Kier molecular flexibility index (Phi) is 14.1. The van der Waals surface area contributed by atoms with Crippen molar-refractivity contribution in [2.75, 3.05) is 25.1 Å². The van der Waals surface area contributed by atoms with Gasteiger partial charge in [-0.25, -0.2) is 0 Å². The van der Waals surface area contributed by atoms with E-state index in [2.05, 4.69) is 43.4 Å². The Hall–Kier alpha value is -3.06. The molecule has 1 saturated carbocycles. The first kappa shape index (κ1) is 29.0. The number of benzene rings is 2. The molecule has 0 bridgehead atoms. The van der Waals surface area contributed by atoms with Crippen molar-refractivity contribution in [3.05, 3.63) is 53.6 Å². The summed E-state index contributed by atoms with van der Waals surface area (Å²) in [4.78, 5) is 17.0. The fourth-order valence-corrected chi connectivity index (χ4v) is 3.77. The molecule has 0 aliphatic heterocycles. The summed E-state index contributed by atoms with van der Waals surface area (Å²) in [5, 5.41) is 20.2. The van der Waals surface area contributed by atoms with Crippen LogP contribution < -0.4 is 14.8 Å². The molecule has 1 fully saturated rings. The molecule has 0 aromatic heterocycles. The van der Waals surface area contributed by atoms with Gasteiger partial charge in [-0.2, -0.15) is 0 Å². The summed E-state index contributed by atoms with van der Waals surface area (Å²) in [5.41, 5.74) is 3.60. The lowest BCUT2D eigenvalue weighted by molar-refractivity contribution is -0.134. The number of aliphatic hydroxyl groups excluding tert-OH is 1. The molecule has 188 valence electrons. The van der Waals surface area contributed by atoms with Gasteiger partial charge in [-0.1, -0.05) is 36.8 Å². The molecule has 2 aromatic carbocycles. The van der Waals surface area contributed by atoms with E-state index in [0.29, 0.717) is 18.4 Å². The van der Waals surface area contributed by atoms with Gasteiger partial charge in [-0.05, 0) is 56.2 Å². The Morgan fingerprint density at radius 1 is 1.03 bits per heavy atom. The number of carboxylic acids is 1. The second kappa shape index (κ2) is 16.5. The van der Waals surface area contributed by atoms with E-state index < -0.39 is 5.97 Å². The summed E-state index contributed by atoms with van der Waals surface area (Å²) in [6, 6.07) is 15.0. The van der Waals surface area contributed by atoms with Gasteiger partial charge in [0.1, 0.15) is 13.4 Å². The van der Waals surface area contributed by atoms with Gasteiger partial charge >= 0.3 is 0 Å². The third-order valence-corrected chi connectivity index (χ3v) is 5.41. The number of carbonyl (C=O) groups is 2. The molecule has 7 heteroatoms. The van der Waals surface area contributed by atoms with Crippen LogP contribution in [0.2, 0.25) is 0 Å². The normalized spacial score (nSPS) is 16.7. The Labute approximate surface area is 203 Å². The number of ether oxygens (including phenoxy) is 2. The van der Waals surface area contributed by atoms with Crippen molar-refractivity contribution in [1.82, 2.24) is 0 Å². The molecular formula is C27H39NO6. The number of hydrogen-bond acceptors (Lipinski definition) is 6. The van der Waals surface area contributed by atoms with Crippen LogP contribution in [-0.2, 0) is 16.0 Å². The van der Waals surface area contributed by atoms with E-state index in [9.17, 15) is 0 Å². The van der Waals surface area contributed by atoms with Crippen LogP contribution in [0, 0.1) is 12.8 Å². The zero-order valence-electron chi connectivity index (χ0n) is 20.6. The maximum Gasteiger partial charge on any atom is 0.300 e. The molecule has 3 N–H and O–H groups in total. The van der Waals surface area contributed by atoms with Crippen LogP contribution >= 0.6 is 0 Å². The Morgan fingerprint density at radius 2 is 1.68 bits per heavy atom. The van der Waals surface area contributed by atoms with Crippen LogP contribution in [0.1, 0.15) is 50.7 Å². The van der Waals surface area contributed by atoms with E-state index in [1.54, 1.807) is 0 Å². The molecule has 0 heterocycles.